The summed E-state index contributed by atoms with van der Waals surface area (Å²) in [5.74, 6) is 1.30. The Balaban J connectivity index is 1.51. The van der Waals surface area contributed by atoms with E-state index in [0.29, 0.717) is 11.6 Å². The first-order valence-corrected chi connectivity index (χ1v) is 8.33. The summed E-state index contributed by atoms with van der Waals surface area (Å²) < 4.78 is 0. The van der Waals surface area contributed by atoms with Crippen LogP contribution in [0, 0.1) is 0 Å². The third-order valence-electron chi connectivity index (χ3n) is 3.91. The molecule has 112 valence electrons. The molecular weight excluding hydrogens is 286 g/mol. The Kier molecular flexibility index (Phi) is 4.34. The van der Waals surface area contributed by atoms with Crippen LogP contribution in [0.15, 0.2) is 30.3 Å². The van der Waals surface area contributed by atoms with Gasteiger partial charge in [0.2, 0.25) is 11.8 Å². The van der Waals surface area contributed by atoms with Crippen molar-refractivity contribution in [3.8, 4) is 0 Å². The molecule has 6 heteroatoms. The Morgan fingerprint density at radius 2 is 1.81 bits per heavy atom. The lowest BCUT2D eigenvalue weighted by molar-refractivity contribution is -0.138. The smallest absolute Gasteiger partial charge is 0.242 e. The Bertz CT molecular complexity index is 515. The summed E-state index contributed by atoms with van der Waals surface area (Å²) >= 11 is 1.57. The zero-order chi connectivity index (χ0) is 14.7. The molecule has 1 aromatic rings. The zero-order valence-electron chi connectivity index (χ0n) is 11.9. The lowest BCUT2D eigenvalue weighted by Gasteiger charge is -2.36. The molecule has 2 fully saturated rings. The SMILES string of the molecule is O=C(CN1CSCC1=O)N1CCN(c2ccccc2)CC1. The monoisotopic (exact) mass is 305 g/mol. The van der Waals surface area contributed by atoms with Crippen LogP contribution in [0.3, 0.4) is 0 Å². The van der Waals surface area contributed by atoms with E-state index in [4.69, 9.17) is 0 Å². The highest BCUT2D eigenvalue weighted by molar-refractivity contribution is 8.00. The molecule has 0 radical (unpaired) electrons. The van der Waals surface area contributed by atoms with Crippen LogP contribution in [0.4, 0.5) is 5.69 Å². The van der Waals surface area contributed by atoms with Gasteiger partial charge in [-0.25, -0.2) is 0 Å². The van der Waals surface area contributed by atoms with Crippen molar-refractivity contribution in [3.63, 3.8) is 0 Å². The predicted molar refractivity (Wildman–Crippen MR) is 84.3 cm³/mol. The topological polar surface area (TPSA) is 43.9 Å². The summed E-state index contributed by atoms with van der Waals surface area (Å²) in [4.78, 5) is 29.6. The molecule has 0 unspecified atom stereocenters. The van der Waals surface area contributed by atoms with Gasteiger partial charge < -0.3 is 14.7 Å². The minimum atomic E-state index is 0.0681. The van der Waals surface area contributed by atoms with Gasteiger partial charge in [-0.3, -0.25) is 9.59 Å². The van der Waals surface area contributed by atoms with Crippen molar-refractivity contribution in [2.45, 2.75) is 0 Å². The number of amides is 2. The number of carbonyl (C=O) groups excluding carboxylic acids is 2. The summed E-state index contributed by atoms with van der Waals surface area (Å²) in [6.45, 7) is 3.37. The molecule has 0 aromatic heterocycles. The van der Waals surface area contributed by atoms with E-state index < -0.39 is 0 Å². The summed E-state index contributed by atoms with van der Waals surface area (Å²) in [7, 11) is 0. The maximum Gasteiger partial charge on any atom is 0.242 e. The van der Waals surface area contributed by atoms with Gasteiger partial charge >= 0.3 is 0 Å². The van der Waals surface area contributed by atoms with Gasteiger partial charge in [0.15, 0.2) is 0 Å². The number of nitrogens with zero attached hydrogens (tertiary/aromatic N) is 3. The Hall–Kier alpha value is -1.69. The summed E-state index contributed by atoms with van der Waals surface area (Å²) in [6, 6.07) is 10.3. The van der Waals surface area contributed by atoms with Crippen molar-refractivity contribution in [3.05, 3.63) is 30.3 Å². The van der Waals surface area contributed by atoms with E-state index in [1.54, 1.807) is 16.7 Å². The lowest BCUT2D eigenvalue weighted by atomic mass is 10.2. The van der Waals surface area contributed by atoms with Crippen molar-refractivity contribution in [1.82, 2.24) is 9.80 Å². The van der Waals surface area contributed by atoms with Gasteiger partial charge in [0.25, 0.3) is 0 Å². The van der Waals surface area contributed by atoms with Crippen molar-refractivity contribution < 1.29 is 9.59 Å². The molecule has 2 saturated heterocycles. The lowest BCUT2D eigenvalue weighted by Crippen LogP contribution is -2.51. The van der Waals surface area contributed by atoms with E-state index in [9.17, 15) is 9.59 Å². The van der Waals surface area contributed by atoms with E-state index in [1.807, 2.05) is 23.1 Å². The Labute approximate surface area is 128 Å². The second kappa shape index (κ2) is 6.39. The minimum absolute atomic E-state index is 0.0681. The average Bonchev–Trinajstić information content (AvgIpc) is 2.93. The molecule has 2 aliphatic rings. The molecule has 1 aromatic carbocycles. The van der Waals surface area contributed by atoms with Crippen LogP contribution >= 0.6 is 11.8 Å². The zero-order valence-corrected chi connectivity index (χ0v) is 12.7. The number of anilines is 1. The number of benzene rings is 1. The fourth-order valence-corrected chi connectivity index (χ4v) is 3.56. The first-order valence-electron chi connectivity index (χ1n) is 7.17. The van der Waals surface area contributed by atoms with E-state index in [1.165, 1.54) is 5.69 Å². The second-order valence-electron chi connectivity index (χ2n) is 5.27. The standard InChI is InChI=1S/C15H19N3O2S/c19-14(10-18-12-21-11-15(18)20)17-8-6-16(7-9-17)13-4-2-1-3-5-13/h1-5H,6-12H2. The molecule has 0 bridgehead atoms. The largest absolute Gasteiger partial charge is 0.368 e. The average molecular weight is 305 g/mol. The predicted octanol–water partition coefficient (Wildman–Crippen LogP) is 0.868. The highest BCUT2D eigenvalue weighted by Crippen LogP contribution is 2.17. The van der Waals surface area contributed by atoms with Gasteiger partial charge in [0.05, 0.1) is 11.6 Å². The molecule has 2 aliphatic heterocycles. The fourth-order valence-electron chi connectivity index (χ4n) is 2.66. The van der Waals surface area contributed by atoms with Crippen LogP contribution in [-0.2, 0) is 9.59 Å². The van der Waals surface area contributed by atoms with Crippen LogP contribution in [-0.4, -0.2) is 66.0 Å². The third-order valence-corrected chi connectivity index (χ3v) is 4.85. The highest BCUT2D eigenvalue weighted by Gasteiger charge is 2.27. The molecule has 0 spiro atoms. The number of hydrogen-bond donors (Lipinski definition) is 0. The molecule has 0 aliphatic carbocycles. The second-order valence-corrected chi connectivity index (χ2v) is 6.23. The number of thioether (sulfide) groups is 1. The number of piperazine rings is 1. The van der Waals surface area contributed by atoms with Crippen molar-refractivity contribution in [2.24, 2.45) is 0 Å². The first-order chi connectivity index (χ1) is 10.2. The first kappa shape index (κ1) is 14.3. The van der Waals surface area contributed by atoms with Gasteiger partial charge in [-0.05, 0) is 12.1 Å². The molecule has 5 nitrogen and oxygen atoms in total. The Morgan fingerprint density at radius 3 is 2.43 bits per heavy atom. The van der Waals surface area contributed by atoms with E-state index in [0.717, 1.165) is 26.2 Å². The van der Waals surface area contributed by atoms with E-state index in [-0.39, 0.29) is 18.4 Å². The van der Waals surface area contributed by atoms with Crippen molar-refractivity contribution >= 4 is 29.3 Å². The molecule has 0 atom stereocenters. The summed E-state index contributed by atoms with van der Waals surface area (Å²) in [5.41, 5.74) is 1.20. The van der Waals surface area contributed by atoms with Crippen LogP contribution in [0.5, 0.6) is 0 Å². The van der Waals surface area contributed by atoms with Gasteiger partial charge in [0, 0.05) is 31.9 Å². The van der Waals surface area contributed by atoms with Gasteiger partial charge in [-0.1, -0.05) is 18.2 Å². The molecule has 3 rings (SSSR count). The molecule has 0 saturated carbocycles. The van der Waals surface area contributed by atoms with Crippen molar-refractivity contribution in [1.29, 1.82) is 0 Å². The molecule has 2 amide bonds. The molecule has 21 heavy (non-hydrogen) atoms. The van der Waals surface area contributed by atoms with Gasteiger partial charge in [-0.2, -0.15) is 0 Å². The van der Waals surface area contributed by atoms with Crippen molar-refractivity contribution in [2.75, 3.05) is 49.3 Å². The normalized spacial score (nSPS) is 19.2. The van der Waals surface area contributed by atoms with Gasteiger partial charge in [0.1, 0.15) is 6.54 Å². The summed E-state index contributed by atoms with van der Waals surface area (Å²) in [6.07, 6.45) is 0. The highest BCUT2D eigenvalue weighted by atomic mass is 32.2. The quantitative estimate of drug-likeness (QED) is 0.831. The van der Waals surface area contributed by atoms with E-state index >= 15 is 0 Å². The van der Waals surface area contributed by atoms with Crippen LogP contribution < -0.4 is 4.90 Å². The van der Waals surface area contributed by atoms with Crippen LogP contribution in [0.1, 0.15) is 0 Å². The minimum Gasteiger partial charge on any atom is -0.368 e. The third kappa shape index (κ3) is 3.32. The molecule has 0 N–H and O–H groups in total. The maximum absolute atomic E-state index is 12.2. The molecular formula is C15H19N3O2S. The Morgan fingerprint density at radius 1 is 1.10 bits per heavy atom. The number of carbonyl (C=O) groups is 2. The number of hydrogen-bond acceptors (Lipinski definition) is 4. The van der Waals surface area contributed by atoms with Gasteiger partial charge in [-0.15, -0.1) is 11.8 Å². The maximum atomic E-state index is 12.2. The number of rotatable bonds is 3. The summed E-state index contributed by atoms with van der Waals surface area (Å²) in [5, 5.41) is 0. The molecule has 2 heterocycles. The van der Waals surface area contributed by atoms with E-state index in [2.05, 4.69) is 17.0 Å². The van der Waals surface area contributed by atoms with Crippen LogP contribution in [0.25, 0.3) is 0 Å². The fraction of sp³-hybridized carbons (Fsp3) is 0.467. The van der Waals surface area contributed by atoms with Crippen LogP contribution in [0.2, 0.25) is 0 Å². The number of para-hydroxylation sites is 1.